The lowest BCUT2D eigenvalue weighted by atomic mass is 10.1. The number of fused-ring (bicyclic) bond motifs is 1. The van der Waals surface area contributed by atoms with E-state index in [4.69, 9.17) is 18.6 Å². The summed E-state index contributed by atoms with van der Waals surface area (Å²) < 4.78 is 22.3. The molecule has 6 heteroatoms. The average molecular weight is 381 g/mol. The predicted molar refractivity (Wildman–Crippen MR) is 107 cm³/mol. The summed E-state index contributed by atoms with van der Waals surface area (Å²) in [5, 5.41) is 0.535. The van der Waals surface area contributed by atoms with Gasteiger partial charge in [0.1, 0.15) is 29.4 Å². The van der Waals surface area contributed by atoms with Crippen molar-refractivity contribution in [2.24, 2.45) is 0 Å². The first kappa shape index (κ1) is 18.5. The number of rotatable bonds is 6. The molecule has 1 fully saturated rings. The van der Waals surface area contributed by atoms with Crippen molar-refractivity contribution in [2.45, 2.75) is 0 Å². The fraction of sp³-hybridized carbons (Fsp3) is 0.318. The zero-order valence-corrected chi connectivity index (χ0v) is 15.8. The lowest BCUT2D eigenvalue weighted by molar-refractivity contribution is 0.0322. The van der Waals surface area contributed by atoms with Crippen LogP contribution in [0.15, 0.2) is 57.7 Å². The summed E-state index contributed by atoms with van der Waals surface area (Å²) >= 11 is 0. The van der Waals surface area contributed by atoms with Gasteiger partial charge in [-0.1, -0.05) is 0 Å². The third-order valence-corrected chi connectivity index (χ3v) is 4.86. The molecule has 4 rings (SSSR count). The molecular weight excluding hydrogens is 358 g/mol. The number of morpholine rings is 1. The maximum atomic E-state index is 12.4. The predicted octanol–water partition coefficient (Wildman–Crippen LogP) is 3.18. The largest absolute Gasteiger partial charge is 0.497 e. The Balaban J connectivity index is 1.46. The fourth-order valence-corrected chi connectivity index (χ4v) is 3.24. The molecule has 1 aliphatic rings. The van der Waals surface area contributed by atoms with Crippen LogP contribution in [-0.2, 0) is 4.74 Å². The zero-order chi connectivity index (χ0) is 19.3. The minimum absolute atomic E-state index is 0.0789. The van der Waals surface area contributed by atoms with Crippen LogP contribution in [0.2, 0.25) is 0 Å². The van der Waals surface area contributed by atoms with Gasteiger partial charge in [0.25, 0.3) is 0 Å². The van der Waals surface area contributed by atoms with Gasteiger partial charge in [0.05, 0.1) is 25.7 Å². The summed E-state index contributed by atoms with van der Waals surface area (Å²) in [4.78, 5) is 14.7. The van der Waals surface area contributed by atoms with Gasteiger partial charge in [0.2, 0.25) is 0 Å². The highest BCUT2D eigenvalue weighted by Crippen LogP contribution is 2.26. The van der Waals surface area contributed by atoms with E-state index in [0.29, 0.717) is 29.1 Å². The molecule has 2 heterocycles. The number of nitrogens with zero attached hydrogens (tertiary/aromatic N) is 1. The quantitative estimate of drug-likeness (QED) is 0.654. The Hall–Kier alpha value is -2.83. The van der Waals surface area contributed by atoms with Crippen LogP contribution in [0.4, 0.5) is 0 Å². The van der Waals surface area contributed by atoms with Crippen molar-refractivity contribution >= 4 is 11.0 Å². The van der Waals surface area contributed by atoms with Gasteiger partial charge in [0.15, 0.2) is 5.43 Å². The lowest BCUT2D eigenvalue weighted by Gasteiger charge is -2.26. The molecule has 0 spiro atoms. The molecule has 0 N–H and O–H groups in total. The Morgan fingerprint density at radius 2 is 1.75 bits per heavy atom. The minimum atomic E-state index is -0.0789. The average Bonchev–Trinajstić information content (AvgIpc) is 2.74. The van der Waals surface area contributed by atoms with Crippen molar-refractivity contribution in [1.82, 2.24) is 4.90 Å². The van der Waals surface area contributed by atoms with Crippen molar-refractivity contribution in [3.8, 4) is 22.8 Å². The molecule has 0 radical (unpaired) electrons. The van der Waals surface area contributed by atoms with Crippen LogP contribution in [0, 0.1) is 0 Å². The first-order valence-electron chi connectivity index (χ1n) is 9.38. The summed E-state index contributed by atoms with van der Waals surface area (Å²) in [6.45, 7) is 4.99. The number of ether oxygens (including phenoxy) is 3. The molecule has 3 aromatic rings. The first-order valence-corrected chi connectivity index (χ1v) is 9.38. The Morgan fingerprint density at radius 3 is 2.50 bits per heavy atom. The normalized spacial score (nSPS) is 14.9. The molecular formula is C22H23NO5. The highest BCUT2D eigenvalue weighted by atomic mass is 16.5. The van der Waals surface area contributed by atoms with Crippen molar-refractivity contribution in [1.29, 1.82) is 0 Å². The van der Waals surface area contributed by atoms with E-state index >= 15 is 0 Å². The van der Waals surface area contributed by atoms with E-state index < -0.39 is 0 Å². The Morgan fingerprint density at radius 1 is 1.00 bits per heavy atom. The molecule has 146 valence electrons. The summed E-state index contributed by atoms with van der Waals surface area (Å²) in [6, 6.07) is 14.3. The number of hydrogen-bond donors (Lipinski definition) is 0. The van der Waals surface area contributed by atoms with Crippen molar-refractivity contribution < 1.29 is 18.6 Å². The van der Waals surface area contributed by atoms with Crippen LogP contribution in [0.25, 0.3) is 22.3 Å². The first-order chi connectivity index (χ1) is 13.7. The zero-order valence-electron chi connectivity index (χ0n) is 15.8. The Bertz CT molecular complexity index is 990. The van der Waals surface area contributed by atoms with Crippen molar-refractivity contribution in [2.75, 3.05) is 46.6 Å². The monoisotopic (exact) mass is 381 g/mol. The smallest absolute Gasteiger partial charge is 0.193 e. The van der Waals surface area contributed by atoms with E-state index in [1.54, 1.807) is 25.3 Å². The van der Waals surface area contributed by atoms with E-state index in [1.807, 2.05) is 24.3 Å². The third-order valence-electron chi connectivity index (χ3n) is 4.86. The summed E-state index contributed by atoms with van der Waals surface area (Å²) in [5.74, 6) is 1.96. The SMILES string of the molecule is COc1ccc2c(=O)cc(-c3ccc(OCCN4CCOCC4)cc3)oc2c1. The van der Waals surface area contributed by atoms with E-state index in [9.17, 15) is 4.79 Å². The standard InChI is InChI=1S/C22H23NO5/c1-25-18-6-7-19-20(24)15-21(28-22(19)14-18)16-2-4-17(5-3-16)27-13-10-23-8-11-26-12-9-23/h2-7,14-15H,8-13H2,1H3. The fourth-order valence-electron chi connectivity index (χ4n) is 3.24. The van der Waals surface area contributed by atoms with Crippen LogP contribution in [-0.4, -0.2) is 51.5 Å². The summed E-state index contributed by atoms with van der Waals surface area (Å²) in [7, 11) is 1.58. The van der Waals surface area contributed by atoms with Gasteiger partial charge in [-0.15, -0.1) is 0 Å². The number of benzene rings is 2. The summed E-state index contributed by atoms with van der Waals surface area (Å²) in [6.07, 6.45) is 0. The van der Waals surface area contributed by atoms with Gasteiger partial charge in [-0.25, -0.2) is 0 Å². The van der Waals surface area contributed by atoms with Crippen LogP contribution < -0.4 is 14.9 Å². The second kappa shape index (κ2) is 8.46. The second-order valence-electron chi connectivity index (χ2n) is 6.66. The molecule has 0 unspecified atom stereocenters. The number of hydrogen-bond acceptors (Lipinski definition) is 6. The number of methoxy groups -OCH3 is 1. The minimum Gasteiger partial charge on any atom is -0.497 e. The highest BCUT2D eigenvalue weighted by molar-refractivity contribution is 5.80. The van der Waals surface area contributed by atoms with Crippen LogP contribution >= 0.6 is 0 Å². The van der Waals surface area contributed by atoms with E-state index in [0.717, 1.165) is 44.2 Å². The molecule has 0 aliphatic carbocycles. The van der Waals surface area contributed by atoms with Gasteiger partial charge >= 0.3 is 0 Å². The highest BCUT2D eigenvalue weighted by Gasteiger charge is 2.11. The van der Waals surface area contributed by atoms with Gasteiger partial charge in [-0.05, 0) is 36.4 Å². The van der Waals surface area contributed by atoms with Crippen LogP contribution in [0.5, 0.6) is 11.5 Å². The topological polar surface area (TPSA) is 61.1 Å². The van der Waals surface area contributed by atoms with Gasteiger partial charge in [-0.2, -0.15) is 0 Å². The Kier molecular flexibility index (Phi) is 5.60. The molecule has 0 bridgehead atoms. The molecule has 28 heavy (non-hydrogen) atoms. The Labute approximate surface area is 163 Å². The summed E-state index contributed by atoms with van der Waals surface area (Å²) in [5.41, 5.74) is 1.25. The van der Waals surface area contributed by atoms with Gasteiger partial charge < -0.3 is 18.6 Å². The lowest BCUT2D eigenvalue weighted by Crippen LogP contribution is -2.38. The van der Waals surface area contributed by atoms with Crippen molar-refractivity contribution in [3.63, 3.8) is 0 Å². The van der Waals surface area contributed by atoms with Gasteiger partial charge in [0, 0.05) is 37.3 Å². The molecule has 0 saturated carbocycles. The maximum absolute atomic E-state index is 12.4. The van der Waals surface area contributed by atoms with Crippen LogP contribution in [0.3, 0.4) is 0 Å². The molecule has 1 aliphatic heterocycles. The van der Waals surface area contributed by atoms with Crippen LogP contribution in [0.1, 0.15) is 0 Å². The molecule has 1 saturated heterocycles. The molecule has 0 amide bonds. The maximum Gasteiger partial charge on any atom is 0.193 e. The van der Waals surface area contributed by atoms with E-state index in [-0.39, 0.29) is 5.43 Å². The molecule has 6 nitrogen and oxygen atoms in total. The third kappa shape index (κ3) is 4.18. The second-order valence-corrected chi connectivity index (χ2v) is 6.66. The van der Waals surface area contributed by atoms with E-state index in [1.165, 1.54) is 6.07 Å². The molecule has 0 atom stereocenters. The van der Waals surface area contributed by atoms with E-state index in [2.05, 4.69) is 4.90 Å². The molecule has 2 aromatic carbocycles. The molecule has 1 aromatic heterocycles. The van der Waals surface area contributed by atoms with Gasteiger partial charge in [-0.3, -0.25) is 9.69 Å². The van der Waals surface area contributed by atoms with Crippen molar-refractivity contribution in [3.05, 3.63) is 58.8 Å².